The van der Waals surface area contributed by atoms with Crippen LogP contribution in [0.1, 0.15) is 18.5 Å². The Morgan fingerprint density at radius 1 is 1.20 bits per heavy atom. The van der Waals surface area contributed by atoms with Crippen molar-refractivity contribution >= 4 is 34.3 Å². The molecular weight excluding hydrogens is 356 g/mol. The number of para-hydroxylation sites is 1. The van der Waals surface area contributed by atoms with E-state index in [2.05, 4.69) is 0 Å². The molecule has 1 heterocycles. The summed E-state index contributed by atoms with van der Waals surface area (Å²) in [4.78, 5) is 17.7. The molecule has 4 nitrogen and oxygen atoms in total. The highest BCUT2D eigenvalue weighted by atomic mass is 35.5. The van der Waals surface area contributed by atoms with Gasteiger partial charge in [0.1, 0.15) is 0 Å². The highest BCUT2D eigenvalue weighted by Gasteiger charge is 2.16. The summed E-state index contributed by atoms with van der Waals surface area (Å²) in [5.74, 6) is 0.710. The summed E-state index contributed by atoms with van der Waals surface area (Å²) in [5.41, 5.74) is 1.81. The minimum Gasteiger partial charge on any atom is -0.383 e. The fourth-order valence-corrected chi connectivity index (χ4v) is 3.84. The molecule has 0 saturated carbocycles. The maximum Gasteiger partial charge on any atom is 0.262 e. The zero-order valence-electron chi connectivity index (χ0n) is 14.1. The zero-order valence-corrected chi connectivity index (χ0v) is 15.7. The number of halogens is 1. The summed E-state index contributed by atoms with van der Waals surface area (Å²) >= 11 is 7.48. The number of fused-ring (bicyclic) bond motifs is 1. The minimum absolute atomic E-state index is 0.0336. The lowest BCUT2D eigenvalue weighted by Crippen LogP contribution is -2.28. The molecule has 0 N–H and O–H groups in total. The summed E-state index contributed by atoms with van der Waals surface area (Å²) in [6, 6.07) is 15.0. The first kappa shape index (κ1) is 18.0. The zero-order chi connectivity index (χ0) is 17.8. The van der Waals surface area contributed by atoms with E-state index in [1.807, 2.05) is 55.5 Å². The second-order valence-corrected chi connectivity index (χ2v) is 7.19. The van der Waals surface area contributed by atoms with Gasteiger partial charge in [-0.05, 0) is 36.8 Å². The van der Waals surface area contributed by atoms with Crippen molar-refractivity contribution in [3.05, 3.63) is 69.5 Å². The van der Waals surface area contributed by atoms with Crippen LogP contribution in [0.5, 0.6) is 0 Å². The highest BCUT2D eigenvalue weighted by molar-refractivity contribution is 7.98. The lowest BCUT2D eigenvalue weighted by atomic mass is 10.2. The number of benzene rings is 2. The van der Waals surface area contributed by atoms with E-state index in [1.54, 1.807) is 23.4 Å². The van der Waals surface area contributed by atoms with E-state index in [4.69, 9.17) is 21.3 Å². The molecule has 130 valence electrons. The largest absolute Gasteiger partial charge is 0.383 e. The number of hydrogen-bond acceptors (Lipinski definition) is 4. The molecule has 0 aliphatic rings. The molecule has 0 unspecified atom stereocenters. The fourth-order valence-electron chi connectivity index (χ4n) is 2.66. The maximum absolute atomic E-state index is 13.0. The SMILES string of the molecule is COC[C@@H](C)n1c(SCc2ccc(Cl)cc2)nc2ccccc2c1=O. The molecule has 1 atom stereocenters. The number of methoxy groups -OCH3 is 1. The Hall–Kier alpha value is -1.82. The standard InChI is InChI=1S/C19H19ClN2O2S/c1-13(11-24-2)22-18(23)16-5-3-4-6-17(16)21-19(22)25-12-14-7-9-15(20)10-8-14/h3-10,13H,11-12H2,1-2H3/t13-/m1/s1. The van der Waals surface area contributed by atoms with E-state index >= 15 is 0 Å². The number of rotatable bonds is 6. The molecule has 0 aliphatic carbocycles. The van der Waals surface area contributed by atoms with Crippen LogP contribution in [0.2, 0.25) is 5.02 Å². The van der Waals surface area contributed by atoms with Crippen LogP contribution in [0.15, 0.2) is 58.5 Å². The van der Waals surface area contributed by atoms with Gasteiger partial charge in [0.05, 0.1) is 23.6 Å². The monoisotopic (exact) mass is 374 g/mol. The fraction of sp³-hybridized carbons (Fsp3) is 0.263. The van der Waals surface area contributed by atoms with Crippen LogP contribution in [-0.4, -0.2) is 23.3 Å². The van der Waals surface area contributed by atoms with E-state index < -0.39 is 0 Å². The maximum atomic E-state index is 13.0. The van der Waals surface area contributed by atoms with Gasteiger partial charge in [0.15, 0.2) is 5.16 Å². The van der Waals surface area contributed by atoms with Gasteiger partial charge in [0, 0.05) is 17.9 Å². The Bertz CT molecular complexity index is 925. The van der Waals surface area contributed by atoms with E-state index in [9.17, 15) is 4.79 Å². The van der Waals surface area contributed by atoms with E-state index in [0.29, 0.717) is 33.4 Å². The van der Waals surface area contributed by atoms with Crippen molar-refractivity contribution in [2.24, 2.45) is 0 Å². The van der Waals surface area contributed by atoms with Crippen molar-refractivity contribution in [1.29, 1.82) is 0 Å². The third kappa shape index (κ3) is 4.06. The van der Waals surface area contributed by atoms with Gasteiger partial charge in [-0.25, -0.2) is 4.98 Å². The van der Waals surface area contributed by atoms with Gasteiger partial charge >= 0.3 is 0 Å². The number of nitrogens with zero attached hydrogens (tertiary/aromatic N) is 2. The first-order valence-corrected chi connectivity index (χ1v) is 9.34. The molecule has 3 rings (SSSR count). The highest BCUT2D eigenvalue weighted by Crippen LogP contribution is 2.25. The predicted molar refractivity (Wildman–Crippen MR) is 104 cm³/mol. The second-order valence-electron chi connectivity index (χ2n) is 5.81. The van der Waals surface area contributed by atoms with Crippen molar-refractivity contribution < 1.29 is 4.74 Å². The first-order valence-electron chi connectivity index (χ1n) is 7.97. The van der Waals surface area contributed by atoms with Crippen molar-refractivity contribution in [3.63, 3.8) is 0 Å². The Morgan fingerprint density at radius 2 is 1.92 bits per heavy atom. The van der Waals surface area contributed by atoms with E-state index in [-0.39, 0.29) is 11.6 Å². The van der Waals surface area contributed by atoms with Gasteiger partial charge in [-0.2, -0.15) is 0 Å². The summed E-state index contributed by atoms with van der Waals surface area (Å²) in [6.45, 7) is 2.42. The molecule has 0 saturated heterocycles. The van der Waals surface area contributed by atoms with Crippen LogP contribution in [0.4, 0.5) is 0 Å². The van der Waals surface area contributed by atoms with Gasteiger partial charge in [-0.15, -0.1) is 0 Å². The molecule has 0 radical (unpaired) electrons. The van der Waals surface area contributed by atoms with Crippen LogP contribution >= 0.6 is 23.4 Å². The van der Waals surface area contributed by atoms with Gasteiger partial charge in [0.25, 0.3) is 5.56 Å². The van der Waals surface area contributed by atoms with Crippen LogP contribution in [-0.2, 0) is 10.5 Å². The Kier molecular flexibility index (Phi) is 5.78. The quantitative estimate of drug-likeness (QED) is 0.469. The molecule has 0 spiro atoms. The summed E-state index contributed by atoms with van der Waals surface area (Å²) in [7, 11) is 1.64. The average molecular weight is 375 g/mol. The molecule has 25 heavy (non-hydrogen) atoms. The molecule has 0 amide bonds. The smallest absolute Gasteiger partial charge is 0.262 e. The number of ether oxygens (including phenoxy) is 1. The Balaban J connectivity index is 2.00. The molecular formula is C19H19ClN2O2S. The summed E-state index contributed by atoms with van der Waals surface area (Å²) in [5, 5.41) is 2.03. The second kappa shape index (κ2) is 8.04. The molecule has 0 aliphatic heterocycles. The van der Waals surface area contributed by atoms with Gasteiger partial charge in [-0.1, -0.05) is 47.6 Å². The molecule has 1 aromatic heterocycles. The Labute approximate surface area is 155 Å². The number of thioether (sulfide) groups is 1. The minimum atomic E-state index is -0.0951. The molecule has 0 fully saturated rings. The molecule has 0 bridgehead atoms. The summed E-state index contributed by atoms with van der Waals surface area (Å²) in [6.07, 6.45) is 0. The molecule has 3 aromatic rings. The molecule has 2 aromatic carbocycles. The van der Waals surface area contributed by atoms with Crippen molar-refractivity contribution in [1.82, 2.24) is 9.55 Å². The van der Waals surface area contributed by atoms with Crippen LogP contribution in [0, 0.1) is 0 Å². The third-order valence-electron chi connectivity index (χ3n) is 3.91. The number of aromatic nitrogens is 2. The van der Waals surface area contributed by atoms with E-state index in [1.165, 1.54) is 0 Å². The van der Waals surface area contributed by atoms with Crippen molar-refractivity contribution in [2.45, 2.75) is 23.9 Å². The topological polar surface area (TPSA) is 44.1 Å². The summed E-state index contributed by atoms with van der Waals surface area (Å²) < 4.78 is 6.97. The predicted octanol–water partition coefficient (Wildman–Crippen LogP) is 4.55. The van der Waals surface area contributed by atoms with Crippen molar-refractivity contribution in [2.75, 3.05) is 13.7 Å². The third-order valence-corrected chi connectivity index (χ3v) is 5.18. The Morgan fingerprint density at radius 3 is 2.64 bits per heavy atom. The lowest BCUT2D eigenvalue weighted by molar-refractivity contribution is 0.156. The van der Waals surface area contributed by atoms with Gasteiger partial charge in [0.2, 0.25) is 0 Å². The van der Waals surface area contributed by atoms with Gasteiger partial charge in [-0.3, -0.25) is 9.36 Å². The molecule has 6 heteroatoms. The van der Waals surface area contributed by atoms with Crippen molar-refractivity contribution in [3.8, 4) is 0 Å². The van der Waals surface area contributed by atoms with Crippen LogP contribution < -0.4 is 5.56 Å². The lowest BCUT2D eigenvalue weighted by Gasteiger charge is -2.18. The van der Waals surface area contributed by atoms with E-state index in [0.717, 1.165) is 5.56 Å². The van der Waals surface area contributed by atoms with Crippen LogP contribution in [0.3, 0.4) is 0 Å². The van der Waals surface area contributed by atoms with Crippen LogP contribution in [0.25, 0.3) is 10.9 Å². The normalized spacial score (nSPS) is 12.4. The van der Waals surface area contributed by atoms with Gasteiger partial charge < -0.3 is 4.74 Å². The number of hydrogen-bond donors (Lipinski definition) is 0. The first-order chi connectivity index (χ1) is 12.1. The average Bonchev–Trinajstić information content (AvgIpc) is 2.61.